The van der Waals surface area contributed by atoms with Gasteiger partial charge in [-0.05, 0) is 55.5 Å². The van der Waals surface area contributed by atoms with Crippen molar-refractivity contribution in [2.45, 2.75) is 70.5 Å². The summed E-state index contributed by atoms with van der Waals surface area (Å²) in [6.07, 6.45) is 5.81. The summed E-state index contributed by atoms with van der Waals surface area (Å²) in [6.45, 7) is 2.08. The van der Waals surface area contributed by atoms with E-state index in [-0.39, 0.29) is 49.6 Å². The summed E-state index contributed by atoms with van der Waals surface area (Å²) < 4.78 is 45.2. The maximum atomic E-state index is 13.5. The first kappa shape index (κ1) is 29.4. The number of nitrogens with one attached hydrogen (secondary N) is 1. The van der Waals surface area contributed by atoms with E-state index in [0.29, 0.717) is 23.4 Å². The Labute approximate surface area is 225 Å². The molecule has 1 fully saturated rings. The van der Waals surface area contributed by atoms with E-state index < -0.39 is 16.1 Å². The summed E-state index contributed by atoms with van der Waals surface area (Å²) in [5, 5.41) is 3.09. The lowest BCUT2D eigenvalue weighted by atomic mass is 10.1. The molecule has 1 atom stereocenters. The molecule has 2 aromatic rings. The van der Waals surface area contributed by atoms with E-state index in [9.17, 15) is 22.4 Å². The van der Waals surface area contributed by atoms with Crippen LogP contribution in [0.1, 0.15) is 57.4 Å². The molecule has 38 heavy (non-hydrogen) atoms. The number of amides is 2. The first-order valence-electron chi connectivity index (χ1n) is 13.1. The van der Waals surface area contributed by atoms with Gasteiger partial charge in [0.1, 0.15) is 17.6 Å². The predicted octanol–water partition coefficient (Wildman–Crippen LogP) is 4.25. The van der Waals surface area contributed by atoms with E-state index in [1.54, 1.807) is 36.4 Å². The number of para-hydroxylation sites is 2. The molecule has 1 aliphatic carbocycles. The lowest BCUT2D eigenvalue weighted by molar-refractivity contribution is -0.141. The highest BCUT2D eigenvalue weighted by molar-refractivity contribution is 7.92. The summed E-state index contributed by atoms with van der Waals surface area (Å²) in [4.78, 5) is 28.3. The molecule has 0 radical (unpaired) electrons. The zero-order valence-corrected chi connectivity index (χ0v) is 23.2. The minimum Gasteiger partial charge on any atom is -0.495 e. The van der Waals surface area contributed by atoms with Crippen LogP contribution in [0.4, 0.5) is 10.1 Å². The Morgan fingerprint density at radius 2 is 1.76 bits per heavy atom. The number of hydrogen-bond acceptors (Lipinski definition) is 5. The van der Waals surface area contributed by atoms with E-state index in [1.165, 1.54) is 28.4 Å². The fraction of sp³-hybridized carbons (Fsp3) is 0.500. The zero-order chi connectivity index (χ0) is 27.7. The average Bonchev–Trinajstić information content (AvgIpc) is 3.40. The van der Waals surface area contributed by atoms with Gasteiger partial charge in [0.2, 0.25) is 21.8 Å². The van der Waals surface area contributed by atoms with E-state index in [2.05, 4.69) is 5.32 Å². The van der Waals surface area contributed by atoms with E-state index in [0.717, 1.165) is 31.9 Å². The van der Waals surface area contributed by atoms with Crippen molar-refractivity contribution in [3.05, 3.63) is 59.9 Å². The number of halogens is 1. The van der Waals surface area contributed by atoms with Crippen LogP contribution in [0.3, 0.4) is 0 Å². The van der Waals surface area contributed by atoms with Gasteiger partial charge in [-0.3, -0.25) is 13.9 Å². The van der Waals surface area contributed by atoms with Gasteiger partial charge in [-0.15, -0.1) is 0 Å². The number of anilines is 1. The molecule has 10 heteroatoms. The number of nitrogens with zero attached hydrogens (tertiary/aromatic N) is 2. The quantitative estimate of drug-likeness (QED) is 0.405. The Morgan fingerprint density at radius 1 is 1.11 bits per heavy atom. The molecule has 0 heterocycles. The topological polar surface area (TPSA) is 96.0 Å². The molecule has 0 bridgehead atoms. The first-order chi connectivity index (χ1) is 18.1. The number of ether oxygens (including phenoxy) is 1. The van der Waals surface area contributed by atoms with Crippen LogP contribution in [-0.4, -0.2) is 57.1 Å². The Hall–Kier alpha value is -3.14. The Kier molecular flexibility index (Phi) is 10.5. The Morgan fingerprint density at radius 3 is 2.37 bits per heavy atom. The lowest BCUT2D eigenvalue weighted by Crippen LogP contribution is -2.51. The molecule has 1 N–H and O–H groups in total. The summed E-state index contributed by atoms with van der Waals surface area (Å²) in [5.74, 6) is -0.426. The normalized spacial score (nSPS) is 14.6. The third-order valence-corrected chi connectivity index (χ3v) is 8.04. The van der Waals surface area contributed by atoms with Gasteiger partial charge < -0.3 is 15.0 Å². The summed E-state index contributed by atoms with van der Waals surface area (Å²) in [6, 6.07) is 12.1. The fourth-order valence-electron chi connectivity index (χ4n) is 4.89. The van der Waals surface area contributed by atoms with Crippen LogP contribution in [0.2, 0.25) is 0 Å². The van der Waals surface area contributed by atoms with Gasteiger partial charge in [0.25, 0.3) is 0 Å². The highest BCUT2D eigenvalue weighted by Crippen LogP contribution is 2.30. The molecular weight excluding hydrogens is 509 g/mol. The summed E-state index contributed by atoms with van der Waals surface area (Å²) >= 11 is 0. The number of hydrogen-bond donors (Lipinski definition) is 1. The molecule has 2 aromatic carbocycles. The smallest absolute Gasteiger partial charge is 0.243 e. The van der Waals surface area contributed by atoms with Crippen LogP contribution >= 0.6 is 0 Å². The van der Waals surface area contributed by atoms with Crippen molar-refractivity contribution >= 4 is 27.5 Å². The number of carbonyl (C=O) groups excluding carboxylic acids is 2. The maximum absolute atomic E-state index is 13.5. The highest BCUT2D eigenvalue weighted by Gasteiger charge is 2.31. The van der Waals surface area contributed by atoms with Gasteiger partial charge in [0.15, 0.2) is 0 Å². The maximum Gasteiger partial charge on any atom is 0.243 e. The molecule has 0 saturated heterocycles. The number of benzene rings is 2. The molecule has 1 aliphatic rings. The number of sulfonamides is 1. The van der Waals surface area contributed by atoms with Gasteiger partial charge in [0.05, 0.1) is 19.1 Å². The highest BCUT2D eigenvalue weighted by atomic mass is 32.2. The molecule has 0 unspecified atom stereocenters. The van der Waals surface area contributed by atoms with Crippen molar-refractivity contribution in [3.63, 3.8) is 0 Å². The molecule has 208 valence electrons. The largest absolute Gasteiger partial charge is 0.495 e. The van der Waals surface area contributed by atoms with Crippen LogP contribution in [0.5, 0.6) is 5.75 Å². The summed E-state index contributed by atoms with van der Waals surface area (Å²) in [7, 11) is -2.17. The lowest BCUT2D eigenvalue weighted by Gasteiger charge is -2.32. The second-order valence-electron chi connectivity index (χ2n) is 9.67. The van der Waals surface area contributed by atoms with Crippen molar-refractivity contribution in [1.82, 2.24) is 10.2 Å². The van der Waals surface area contributed by atoms with E-state index in [4.69, 9.17) is 4.74 Å². The van der Waals surface area contributed by atoms with Crippen molar-refractivity contribution in [2.24, 2.45) is 0 Å². The molecule has 2 amide bonds. The van der Waals surface area contributed by atoms with Crippen molar-refractivity contribution in [2.75, 3.05) is 24.2 Å². The third-order valence-electron chi connectivity index (χ3n) is 6.86. The molecule has 1 saturated carbocycles. The Balaban J connectivity index is 1.77. The summed E-state index contributed by atoms with van der Waals surface area (Å²) in [5.41, 5.74) is 1.11. The van der Waals surface area contributed by atoms with Gasteiger partial charge >= 0.3 is 0 Å². The van der Waals surface area contributed by atoms with E-state index >= 15 is 0 Å². The second-order valence-corrected chi connectivity index (χ2v) is 11.6. The number of methoxy groups -OCH3 is 1. The van der Waals surface area contributed by atoms with Crippen molar-refractivity contribution in [1.29, 1.82) is 0 Å². The molecule has 3 rings (SSSR count). The molecule has 0 aromatic heterocycles. The molecule has 0 spiro atoms. The fourth-order valence-corrected chi connectivity index (χ4v) is 5.86. The van der Waals surface area contributed by atoms with Crippen LogP contribution in [-0.2, 0) is 26.2 Å². The van der Waals surface area contributed by atoms with Crippen LogP contribution in [0, 0.1) is 5.82 Å². The van der Waals surface area contributed by atoms with Gasteiger partial charge in [-0.1, -0.05) is 44.0 Å². The zero-order valence-electron chi connectivity index (χ0n) is 22.4. The van der Waals surface area contributed by atoms with Gasteiger partial charge in [-0.25, -0.2) is 12.8 Å². The van der Waals surface area contributed by atoms with Gasteiger partial charge in [0, 0.05) is 25.6 Å². The minimum atomic E-state index is -3.64. The number of carbonyl (C=O) groups is 2. The van der Waals surface area contributed by atoms with E-state index in [1.807, 2.05) is 6.92 Å². The standard InChI is InChI=1S/C28H38FN3O5S/c1-4-24(28(34)30-23-10-5-6-11-23)31(20-21-15-17-22(29)18-16-21)27(33)14-9-19-32(38(3,35)36)25-12-7-8-13-26(25)37-2/h7-8,12-13,15-18,23-24H,4-6,9-11,14,19-20H2,1-3H3,(H,30,34)/t24-/m1/s1. The second kappa shape index (κ2) is 13.6. The predicted molar refractivity (Wildman–Crippen MR) is 146 cm³/mol. The first-order valence-corrected chi connectivity index (χ1v) is 14.9. The monoisotopic (exact) mass is 547 g/mol. The third kappa shape index (κ3) is 7.93. The van der Waals surface area contributed by atoms with Crippen LogP contribution in [0.25, 0.3) is 0 Å². The number of rotatable bonds is 13. The molecule has 8 nitrogen and oxygen atoms in total. The van der Waals surface area contributed by atoms with Gasteiger partial charge in [-0.2, -0.15) is 0 Å². The van der Waals surface area contributed by atoms with Crippen LogP contribution in [0.15, 0.2) is 48.5 Å². The van der Waals surface area contributed by atoms with Crippen molar-refractivity contribution < 1.29 is 27.1 Å². The average molecular weight is 548 g/mol. The SMILES string of the molecule is CC[C@H](C(=O)NC1CCCC1)N(Cc1ccc(F)cc1)C(=O)CCCN(c1ccccc1OC)S(C)(=O)=O. The van der Waals surface area contributed by atoms with Crippen molar-refractivity contribution in [3.8, 4) is 5.75 Å². The molecular formula is C28H38FN3O5S. The minimum absolute atomic E-state index is 0.0373. The molecule has 0 aliphatic heterocycles. The Bertz CT molecular complexity index is 1180. The van der Waals surface area contributed by atoms with Crippen LogP contribution < -0.4 is 14.4 Å².